The van der Waals surface area contributed by atoms with Crippen molar-refractivity contribution in [3.8, 4) is 0 Å². The topological polar surface area (TPSA) is 21.3 Å². The van der Waals surface area contributed by atoms with Gasteiger partial charge in [-0.25, -0.2) is 0 Å². The van der Waals surface area contributed by atoms with Crippen molar-refractivity contribution in [2.45, 2.75) is 12.5 Å². The minimum atomic E-state index is 0.429. The number of rotatable bonds is 3. The van der Waals surface area contributed by atoms with Crippen molar-refractivity contribution in [1.82, 2.24) is 5.32 Å². The Morgan fingerprint density at radius 2 is 2.50 bits per heavy atom. The molecule has 1 aromatic rings. The summed E-state index contributed by atoms with van der Waals surface area (Å²) in [6.45, 7) is 1.79. The molecule has 2 heterocycles. The monoisotopic (exact) mass is 275 g/mol. The zero-order chi connectivity index (χ0) is 9.97. The van der Waals surface area contributed by atoms with Gasteiger partial charge in [0.15, 0.2) is 0 Å². The highest BCUT2D eigenvalue weighted by atomic mass is 79.9. The molecule has 2 nitrogen and oxygen atoms in total. The van der Waals surface area contributed by atoms with Crippen molar-refractivity contribution < 1.29 is 4.74 Å². The Morgan fingerprint density at radius 3 is 3.00 bits per heavy atom. The first-order valence-electron chi connectivity index (χ1n) is 4.79. The lowest BCUT2D eigenvalue weighted by molar-refractivity contribution is 0.178. The lowest BCUT2D eigenvalue weighted by atomic mass is 9.94. The first-order valence-corrected chi connectivity index (χ1v) is 6.53. The Morgan fingerprint density at radius 1 is 1.64 bits per heavy atom. The number of thiophene rings is 1. The molecule has 0 amide bonds. The summed E-state index contributed by atoms with van der Waals surface area (Å²) in [7, 11) is 2.02. The summed E-state index contributed by atoms with van der Waals surface area (Å²) in [6.07, 6.45) is 1.16. The van der Waals surface area contributed by atoms with Crippen LogP contribution in [-0.2, 0) is 4.74 Å². The number of hydrogen-bond acceptors (Lipinski definition) is 3. The van der Waals surface area contributed by atoms with Crippen LogP contribution >= 0.6 is 27.3 Å². The molecule has 14 heavy (non-hydrogen) atoms. The average molecular weight is 276 g/mol. The van der Waals surface area contributed by atoms with E-state index in [1.807, 2.05) is 7.05 Å². The van der Waals surface area contributed by atoms with E-state index in [1.54, 1.807) is 11.3 Å². The second-order valence-electron chi connectivity index (χ2n) is 3.57. The maximum atomic E-state index is 5.43. The van der Waals surface area contributed by atoms with Crippen molar-refractivity contribution in [2.24, 2.45) is 5.92 Å². The standard InChI is InChI=1S/C10H14BrNOS/c1-12-10(7-2-3-13-4-7)8-5-14-6-9(8)11/h5-7,10,12H,2-4H2,1H3. The first kappa shape index (κ1) is 10.6. The van der Waals surface area contributed by atoms with Crippen LogP contribution < -0.4 is 5.32 Å². The Kier molecular flexibility index (Phi) is 3.60. The molecule has 1 N–H and O–H groups in total. The van der Waals surface area contributed by atoms with Gasteiger partial charge in [0.1, 0.15) is 0 Å². The molecule has 0 spiro atoms. The highest BCUT2D eigenvalue weighted by Gasteiger charge is 2.27. The summed E-state index contributed by atoms with van der Waals surface area (Å²) in [5.74, 6) is 0.617. The molecule has 0 radical (unpaired) electrons. The minimum absolute atomic E-state index is 0.429. The van der Waals surface area contributed by atoms with Gasteiger partial charge in [-0.2, -0.15) is 11.3 Å². The Balaban J connectivity index is 2.16. The van der Waals surface area contributed by atoms with Crippen LogP contribution in [0.2, 0.25) is 0 Å². The van der Waals surface area contributed by atoms with E-state index < -0.39 is 0 Å². The fourth-order valence-corrected chi connectivity index (χ4v) is 3.55. The van der Waals surface area contributed by atoms with E-state index in [0.29, 0.717) is 12.0 Å². The van der Waals surface area contributed by atoms with Gasteiger partial charge in [0, 0.05) is 28.4 Å². The van der Waals surface area contributed by atoms with Gasteiger partial charge in [-0.1, -0.05) is 0 Å². The predicted molar refractivity (Wildman–Crippen MR) is 62.7 cm³/mol. The molecule has 2 rings (SSSR count). The maximum absolute atomic E-state index is 5.43. The molecule has 0 aliphatic carbocycles. The van der Waals surface area contributed by atoms with Crippen LogP contribution in [0.5, 0.6) is 0 Å². The van der Waals surface area contributed by atoms with Gasteiger partial charge in [0.05, 0.1) is 6.61 Å². The molecular formula is C10H14BrNOS. The van der Waals surface area contributed by atoms with Crippen molar-refractivity contribution in [1.29, 1.82) is 0 Å². The molecule has 0 saturated carbocycles. The fourth-order valence-electron chi connectivity index (χ4n) is 1.97. The van der Waals surface area contributed by atoms with Crippen LogP contribution in [-0.4, -0.2) is 20.3 Å². The molecule has 1 aromatic heterocycles. The van der Waals surface area contributed by atoms with Gasteiger partial charge in [-0.3, -0.25) is 0 Å². The summed E-state index contributed by atoms with van der Waals surface area (Å²) >= 11 is 5.33. The maximum Gasteiger partial charge on any atom is 0.0513 e. The predicted octanol–water partition coefficient (Wildman–Crippen LogP) is 2.81. The summed E-state index contributed by atoms with van der Waals surface area (Å²) in [4.78, 5) is 0. The number of ether oxygens (including phenoxy) is 1. The van der Waals surface area contributed by atoms with Gasteiger partial charge < -0.3 is 10.1 Å². The molecule has 1 saturated heterocycles. The molecular weight excluding hydrogens is 262 g/mol. The molecule has 2 atom stereocenters. The van der Waals surface area contributed by atoms with Crippen LogP contribution in [0.3, 0.4) is 0 Å². The molecule has 78 valence electrons. The average Bonchev–Trinajstić information content (AvgIpc) is 2.80. The molecule has 1 aliphatic heterocycles. The molecule has 0 aromatic carbocycles. The lowest BCUT2D eigenvalue weighted by Gasteiger charge is -2.21. The van der Waals surface area contributed by atoms with E-state index in [2.05, 4.69) is 32.0 Å². The first-order chi connectivity index (χ1) is 6.83. The van der Waals surface area contributed by atoms with E-state index >= 15 is 0 Å². The van der Waals surface area contributed by atoms with Crippen molar-refractivity contribution in [3.05, 3.63) is 20.8 Å². The number of hydrogen-bond donors (Lipinski definition) is 1. The summed E-state index contributed by atoms with van der Waals surface area (Å²) in [6, 6.07) is 0.429. The third kappa shape index (κ3) is 2.03. The summed E-state index contributed by atoms with van der Waals surface area (Å²) < 4.78 is 6.64. The Hall–Kier alpha value is 0.1000. The third-order valence-electron chi connectivity index (χ3n) is 2.72. The largest absolute Gasteiger partial charge is 0.381 e. The van der Waals surface area contributed by atoms with Gasteiger partial charge in [-0.15, -0.1) is 0 Å². The summed E-state index contributed by atoms with van der Waals surface area (Å²) in [5.41, 5.74) is 1.37. The highest BCUT2D eigenvalue weighted by molar-refractivity contribution is 9.10. The van der Waals surface area contributed by atoms with E-state index in [-0.39, 0.29) is 0 Å². The van der Waals surface area contributed by atoms with Gasteiger partial charge in [0.2, 0.25) is 0 Å². The van der Waals surface area contributed by atoms with Crippen LogP contribution in [0, 0.1) is 5.92 Å². The second-order valence-corrected chi connectivity index (χ2v) is 5.16. The van der Waals surface area contributed by atoms with Crippen LogP contribution in [0.4, 0.5) is 0 Å². The number of halogens is 1. The lowest BCUT2D eigenvalue weighted by Crippen LogP contribution is -2.25. The SMILES string of the molecule is CNC(c1cscc1Br)C1CCOC1. The zero-order valence-corrected chi connectivity index (χ0v) is 10.5. The zero-order valence-electron chi connectivity index (χ0n) is 8.13. The summed E-state index contributed by atoms with van der Waals surface area (Å²) in [5, 5.41) is 7.73. The van der Waals surface area contributed by atoms with Crippen molar-refractivity contribution in [3.63, 3.8) is 0 Å². The van der Waals surface area contributed by atoms with E-state index in [0.717, 1.165) is 19.6 Å². The normalized spacial score (nSPS) is 24.0. The molecule has 4 heteroatoms. The van der Waals surface area contributed by atoms with Crippen molar-refractivity contribution in [2.75, 3.05) is 20.3 Å². The highest BCUT2D eigenvalue weighted by Crippen LogP contribution is 2.34. The molecule has 0 bridgehead atoms. The van der Waals surface area contributed by atoms with Gasteiger partial charge >= 0.3 is 0 Å². The van der Waals surface area contributed by atoms with E-state index in [4.69, 9.17) is 4.74 Å². The Labute approximate surface area is 96.8 Å². The Bertz CT molecular complexity index is 296. The van der Waals surface area contributed by atoms with E-state index in [9.17, 15) is 0 Å². The fraction of sp³-hybridized carbons (Fsp3) is 0.600. The molecule has 1 aliphatic rings. The van der Waals surface area contributed by atoms with E-state index in [1.165, 1.54) is 10.0 Å². The molecule has 1 fully saturated rings. The third-order valence-corrected chi connectivity index (χ3v) is 4.48. The van der Waals surface area contributed by atoms with Crippen molar-refractivity contribution >= 4 is 27.3 Å². The van der Waals surface area contributed by atoms with Gasteiger partial charge in [0.25, 0.3) is 0 Å². The van der Waals surface area contributed by atoms with Crippen LogP contribution in [0.1, 0.15) is 18.0 Å². The van der Waals surface area contributed by atoms with Crippen LogP contribution in [0.25, 0.3) is 0 Å². The smallest absolute Gasteiger partial charge is 0.0513 e. The minimum Gasteiger partial charge on any atom is -0.381 e. The van der Waals surface area contributed by atoms with Crippen LogP contribution in [0.15, 0.2) is 15.2 Å². The molecule has 2 unspecified atom stereocenters. The quantitative estimate of drug-likeness (QED) is 0.916. The second kappa shape index (κ2) is 4.75. The number of nitrogens with one attached hydrogen (secondary N) is 1. The van der Waals surface area contributed by atoms with Gasteiger partial charge in [-0.05, 0) is 40.3 Å².